The highest BCUT2D eigenvalue weighted by molar-refractivity contribution is 6.14. The van der Waals surface area contributed by atoms with Gasteiger partial charge in [0.2, 0.25) is 12.5 Å². The monoisotopic (exact) mass is 460 g/mol. The molecule has 0 N–H and O–H groups in total. The first-order chi connectivity index (χ1) is 15.0. The van der Waals surface area contributed by atoms with Crippen LogP contribution in [0.5, 0.6) is 28.7 Å². The Bertz CT molecular complexity index is 1130. The zero-order valence-corrected chi connectivity index (χ0v) is 19.4. The molecular weight excluding hydrogens is 436 g/mol. The average molecular weight is 461 g/mol. The Morgan fingerprint density at radius 1 is 1.06 bits per heavy atom. The average Bonchev–Trinajstić information content (AvgIpc) is 3.28. The predicted octanol–water partition coefficient (Wildman–Crippen LogP) is 3.26. The van der Waals surface area contributed by atoms with E-state index >= 15 is 0 Å². The Labute approximate surface area is 192 Å². The minimum atomic E-state index is -0.215. The number of hydrogen-bond acceptors (Lipinski definition) is 7. The maximum Gasteiger partial charge on any atom is 0.264 e. The minimum absolute atomic E-state index is 0. The molecule has 1 unspecified atom stereocenters. The summed E-state index contributed by atoms with van der Waals surface area (Å²) in [4.78, 5) is 17.5. The largest absolute Gasteiger partial charge is 0.493 e. The van der Waals surface area contributed by atoms with Gasteiger partial charge in [-0.25, -0.2) is 0 Å². The highest BCUT2D eigenvalue weighted by atomic mass is 35.5. The minimum Gasteiger partial charge on any atom is -0.493 e. The van der Waals surface area contributed by atoms with Crippen LogP contribution >= 0.6 is 12.4 Å². The standard InChI is InChI=1S/C23H24N2O6.ClH/c1-24(2)18-9-12-8-17-22(31-11-30-17)20(28-4)14(12)10-15-13-6-7-16(27-3)21(29-5)19(13)23(26)25(15)18;/h6-8,10,18H,9,11H2,1-5H3;1H. The number of amides is 1. The van der Waals surface area contributed by atoms with Crippen molar-refractivity contribution in [1.29, 1.82) is 0 Å². The lowest BCUT2D eigenvalue weighted by Crippen LogP contribution is -2.45. The van der Waals surface area contributed by atoms with E-state index in [1.54, 1.807) is 21.3 Å². The van der Waals surface area contributed by atoms with Gasteiger partial charge in [-0.2, -0.15) is 0 Å². The van der Waals surface area contributed by atoms with Crippen LogP contribution in [-0.2, 0) is 6.42 Å². The molecule has 2 aromatic carbocycles. The summed E-state index contributed by atoms with van der Waals surface area (Å²) in [6, 6.07) is 5.70. The van der Waals surface area contributed by atoms with Crippen LogP contribution in [0.25, 0.3) is 11.8 Å². The van der Waals surface area contributed by atoms with Crippen LogP contribution in [0.1, 0.15) is 27.0 Å². The summed E-state index contributed by atoms with van der Waals surface area (Å²) in [6.07, 6.45) is 2.37. The van der Waals surface area contributed by atoms with E-state index in [0.29, 0.717) is 40.7 Å². The van der Waals surface area contributed by atoms with Gasteiger partial charge in [0, 0.05) is 17.5 Å². The molecule has 0 bridgehead atoms. The summed E-state index contributed by atoms with van der Waals surface area (Å²) in [5.74, 6) is 2.70. The molecule has 0 saturated carbocycles. The van der Waals surface area contributed by atoms with Crippen molar-refractivity contribution in [3.8, 4) is 28.7 Å². The quantitative estimate of drug-likeness (QED) is 0.693. The topological polar surface area (TPSA) is 69.7 Å². The predicted molar refractivity (Wildman–Crippen MR) is 121 cm³/mol. The number of benzene rings is 2. The van der Waals surface area contributed by atoms with E-state index in [1.165, 1.54) is 0 Å². The molecule has 2 aromatic rings. The van der Waals surface area contributed by atoms with Gasteiger partial charge in [-0.1, -0.05) is 0 Å². The van der Waals surface area contributed by atoms with Gasteiger partial charge in [0.25, 0.3) is 5.91 Å². The fourth-order valence-electron chi connectivity index (χ4n) is 4.60. The molecule has 0 aromatic heterocycles. The fraction of sp³-hybridized carbons (Fsp3) is 0.348. The summed E-state index contributed by atoms with van der Waals surface area (Å²) in [5, 5.41) is 0. The van der Waals surface area contributed by atoms with E-state index in [0.717, 1.165) is 22.4 Å². The number of ether oxygens (including phenoxy) is 5. The Balaban J connectivity index is 0.00000245. The van der Waals surface area contributed by atoms with E-state index in [-0.39, 0.29) is 31.3 Å². The van der Waals surface area contributed by atoms with Crippen molar-refractivity contribution < 1.29 is 28.5 Å². The molecule has 8 nitrogen and oxygen atoms in total. The maximum absolute atomic E-state index is 13.7. The van der Waals surface area contributed by atoms with Crippen molar-refractivity contribution in [3.05, 3.63) is 40.5 Å². The van der Waals surface area contributed by atoms with Gasteiger partial charge in [-0.15, -0.1) is 12.4 Å². The van der Waals surface area contributed by atoms with Gasteiger partial charge >= 0.3 is 0 Å². The molecule has 3 aliphatic heterocycles. The molecule has 1 amide bonds. The first kappa shape index (κ1) is 22.1. The van der Waals surface area contributed by atoms with Crippen molar-refractivity contribution in [2.45, 2.75) is 12.6 Å². The lowest BCUT2D eigenvalue weighted by Gasteiger charge is -2.33. The van der Waals surface area contributed by atoms with Gasteiger partial charge in [0.15, 0.2) is 23.0 Å². The summed E-state index contributed by atoms with van der Waals surface area (Å²) in [7, 11) is 8.65. The molecule has 32 heavy (non-hydrogen) atoms. The number of carbonyl (C=O) groups is 1. The zero-order chi connectivity index (χ0) is 21.9. The van der Waals surface area contributed by atoms with E-state index in [9.17, 15) is 4.79 Å². The Kier molecular flexibility index (Phi) is 5.60. The third-order valence-corrected chi connectivity index (χ3v) is 6.04. The van der Waals surface area contributed by atoms with Crippen LogP contribution in [0.2, 0.25) is 0 Å². The fourth-order valence-corrected chi connectivity index (χ4v) is 4.60. The first-order valence-corrected chi connectivity index (χ1v) is 9.96. The van der Waals surface area contributed by atoms with Crippen molar-refractivity contribution in [3.63, 3.8) is 0 Å². The number of rotatable bonds is 4. The van der Waals surface area contributed by atoms with Gasteiger partial charge in [0.1, 0.15) is 0 Å². The maximum atomic E-state index is 13.7. The highest BCUT2D eigenvalue weighted by Crippen LogP contribution is 2.51. The summed E-state index contributed by atoms with van der Waals surface area (Å²) < 4.78 is 28.0. The number of methoxy groups -OCH3 is 3. The zero-order valence-electron chi connectivity index (χ0n) is 18.6. The van der Waals surface area contributed by atoms with Crippen molar-refractivity contribution in [2.24, 2.45) is 0 Å². The number of nitrogens with zero attached hydrogens (tertiary/aromatic N) is 2. The Morgan fingerprint density at radius 3 is 2.47 bits per heavy atom. The van der Waals surface area contributed by atoms with Gasteiger partial charge in [-0.05, 0) is 43.9 Å². The number of hydrogen-bond donors (Lipinski definition) is 0. The third kappa shape index (κ3) is 2.97. The molecule has 0 radical (unpaired) electrons. The molecule has 5 rings (SSSR count). The number of likely N-dealkylation sites (N-methyl/N-ethyl adjacent to an activating group) is 1. The number of carbonyl (C=O) groups excluding carboxylic acids is 1. The molecule has 1 atom stereocenters. The van der Waals surface area contributed by atoms with E-state index < -0.39 is 0 Å². The lowest BCUT2D eigenvalue weighted by molar-refractivity contribution is 0.0664. The summed E-state index contributed by atoms with van der Waals surface area (Å²) in [6.45, 7) is 0.159. The lowest BCUT2D eigenvalue weighted by atomic mass is 9.99. The Morgan fingerprint density at radius 2 is 1.81 bits per heavy atom. The molecule has 0 fully saturated rings. The molecule has 3 aliphatic rings. The number of halogens is 1. The second kappa shape index (κ2) is 8.11. The van der Waals surface area contributed by atoms with Crippen molar-refractivity contribution in [2.75, 3.05) is 42.2 Å². The van der Waals surface area contributed by atoms with Crippen LogP contribution in [0, 0.1) is 0 Å². The highest BCUT2D eigenvalue weighted by Gasteiger charge is 2.43. The van der Waals surface area contributed by atoms with Crippen LogP contribution in [0.4, 0.5) is 0 Å². The van der Waals surface area contributed by atoms with E-state index in [2.05, 4.69) is 0 Å². The molecule has 3 heterocycles. The van der Waals surface area contributed by atoms with Gasteiger partial charge in [-0.3, -0.25) is 14.6 Å². The molecule has 9 heteroatoms. The SMILES string of the molecule is COc1ccc2c(c1OC)C(=O)N1C2=Cc2c(cc3c(c2OC)OCO3)CC1N(C)C.Cl. The second-order valence-electron chi connectivity index (χ2n) is 7.79. The van der Waals surface area contributed by atoms with Crippen molar-refractivity contribution >= 4 is 30.1 Å². The van der Waals surface area contributed by atoms with Gasteiger partial charge in [0.05, 0.1) is 38.8 Å². The first-order valence-electron chi connectivity index (χ1n) is 9.96. The van der Waals surface area contributed by atoms with E-state index in [4.69, 9.17) is 23.7 Å². The molecule has 0 aliphatic carbocycles. The Hall–Kier alpha value is -3.10. The third-order valence-electron chi connectivity index (χ3n) is 6.04. The second-order valence-corrected chi connectivity index (χ2v) is 7.79. The van der Waals surface area contributed by atoms with E-state index in [1.807, 2.05) is 48.2 Å². The normalized spacial score (nSPS) is 17.7. The molecule has 170 valence electrons. The molecule has 0 spiro atoms. The van der Waals surface area contributed by atoms with Crippen LogP contribution in [-0.4, -0.2) is 64.1 Å². The molecular formula is C23H25ClN2O6. The summed E-state index contributed by atoms with van der Waals surface area (Å²) in [5.41, 5.74) is 3.99. The smallest absolute Gasteiger partial charge is 0.264 e. The number of fused-ring (bicyclic) bond motifs is 5. The van der Waals surface area contributed by atoms with Gasteiger partial charge < -0.3 is 23.7 Å². The summed E-state index contributed by atoms with van der Waals surface area (Å²) >= 11 is 0. The van der Waals surface area contributed by atoms with Crippen LogP contribution < -0.4 is 23.7 Å². The van der Waals surface area contributed by atoms with Crippen molar-refractivity contribution in [1.82, 2.24) is 9.80 Å². The van der Waals surface area contributed by atoms with Crippen LogP contribution in [0.15, 0.2) is 18.2 Å². The van der Waals surface area contributed by atoms with Crippen LogP contribution in [0.3, 0.4) is 0 Å². The molecule has 0 saturated heterocycles.